The van der Waals surface area contributed by atoms with Crippen LogP contribution < -0.4 is 5.73 Å². The van der Waals surface area contributed by atoms with Gasteiger partial charge in [0.15, 0.2) is 5.82 Å². The molecule has 0 spiro atoms. The third-order valence-corrected chi connectivity index (χ3v) is 2.68. The molecule has 0 aliphatic carbocycles. The lowest BCUT2D eigenvalue weighted by Crippen LogP contribution is -2.10. The maximum atomic E-state index is 5.72. The van der Waals surface area contributed by atoms with Crippen LogP contribution in [0.2, 0.25) is 0 Å². The van der Waals surface area contributed by atoms with Gasteiger partial charge in [-0.1, -0.05) is 6.92 Å². The molecule has 0 saturated carbocycles. The smallest absolute Gasteiger partial charge is 0.166 e. The number of rotatable bonds is 4. The maximum absolute atomic E-state index is 5.72. The molecule has 0 radical (unpaired) electrons. The lowest BCUT2D eigenvalue weighted by atomic mass is 10.3. The van der Waals surface area contributed by atoms with Crippen molar-refractivity contribution in [2.45, 2.75) is 32.9 Å². The molecule has 2 heterocycles. The van der Waals surface area contributed by atoms with Crippen molar-refractivity contribution in [2.24, 2.45) is 12.8 Å². The van der Waals surface area contributed by atoms with Gasteiger partial charge in [-0.05, 0) is 19.4 Å². The average Bonchev–Trinajstić information content (AvgIpc) is 2.87. The van der Waals surface area contributed by atoms with Crippen LogP contribution in [0.25, 0.3) is 0 Å². The lowest BCUT2D eigenvalue weighted by molar-refractivity contribution is 0.603. The maximum Gasteiger partial charge on any atom is 0.166 e. The first-order valence-electron chi connectivity index (χ1n) is 5.77. The van der Waals surface area contributed by atoms with Gasteiger partial charge in [-0.2, -0.15) is 10.2 Å². The molecule has 92 valence electrons. The molecule has 2 aromatic heterocycles. The number of hydrogen-bond donors (Lipinski definition) is 1. The van der Waals surface area contributed by atoms with Crippen molar-refractivity contribution < 1.29 is 0 Å². The first-order chi connectivity index (χ1) is 8.10. The Balaban J connectivity index is 2.16. The summed E-state index contributed by atoms with van der Waals surface area (Å²) in [6, 6.07) is 1.96. The van der Waals surface area contributed by atoms with Crippen LogP contribution in [0.4, 0.5) is 0 Å². The third-order valence-electron chi connectivity index (χ3n) is 2.68. The van der Waals surface area contributed by atoms with Crippen molar-refractivity contribution in [1.82, 2.24) is 24.5 Å². The van der Waals surface area contributed by atoms with Gasteiger partial charge in [-0.15, -0.1) is 0 Å². The second-order valence-corrected chi connectivity index (χ2v) is 4.19. The van der Waals surface area contributed by atoms with Gasteiger partial charge in [0.25, 0.3) is 0 Å². The van der Waals surface area contributed by atoms with Crippen LogP contribution in [-0.2, 0) is 20.0 Å². The van der Waals surface area contributed by atoms with Crippen molar-refractivity contribution in [1.29, 1.82) is 0 Å². The molecule has 2 aromatic rings. The molecule has 0 bridgehead atoms. The second kappa shape index (κ2) is 4.67. The van der Waals surface area contributed by atoms with Crippen LogP contribution in [0.15, 0.2) is 12.4 Å². The van der Waals surface area contributed by atoms with Crippen molar-refractivity contribution in [3.8, 4) is 0 Å². The predicted octanol–water partition coefficient (Wildman–Crippen LogP) is 0.642. The van der Waals surface area contributed by atoms with E-state index < -0.39 is 0 Å². The van der Waals surface area contributed by atoms with Crippen LogP contribution >= 0.6 is 0 Å². The van der Waals surface area contributed by atoms with Gasteiger partial charge in [0.2, 0.25) is 0 Å². The summed E-state index contributed by atoms with van der Waals surface area (Å²) in [5.74, 6) is 0.669. The average molecular weight is 234 g/mol. The molecule has 6 nitrogen and oxygen atoms in total. The molecule has 17 heavy (non-hydrogen) atoms. The normalized spacial score (nSPS) is 12.9. The summed E-state index contributed by atoms with van der Waals surface area (Å²) in [5, 5.41) is 8.72. The number of hydrogen-bond acceptors (Lipinski definition) is 4. The zero-order valence-electron chi connectivity index (χ0n) is 10.5. The van der Waals surface area contributed by atoms with Crippen LogP contribution in [0.5, 0.6) is 0 Å². The number of nitrogens with two attached hydrogens (primary N) is 1. The molecule has 1 atom stereocenters. The Morgan fingerprint density at radius 3 is 2.71 bits per heavy atom. The van der Waals surface area contributed by atoms with E-state index in [-0.39, 0.29) is 6.04 Å². The van der Waals surface area contributed by atoms with E-state index in [4.69, 9.17) is 5.73 Å². The van der Waals surface area contributed by atoms with Gasteiger partial charge >= 0.3 is 0 Å². The van der Waals surface area contributed by atoms with E-state index in [0.717, 1.165) is 17.8 Å². The molecule has 1 unspecified atom stereocenters. The first kappa shape index (κ1) is 11.8. The highest BCUT2D eigenvalue weighted by atomic mass is 15.4. The van der Waals surface area contributed by atoms with E-state index in [2.05, 4.69) is 28.2 Å². The van der Waals surface area contributed by atoms with E-state index in [0.29, 0.717) is 12.4 Å². The molecule has 2 N–H and O–H groups in total. The number of aromatic nitrogens is 5. The fraction of sp³-hybridized carbons (Fsp3) is 0.545. The summed E-state index contributed by atoms with van der Waals surface area (Å²) in [5.41, 5.74) is 7.93. The molecule has 0 aliphatic heterocycles. The quantitative estimate of drug-likeness (QED) is 0.842. The largest absolute Gasteiger partial charge is 0.321 e. The topological polar surface area (TPSA) is 74.6 Å². The minimum absolute atomic E-state index is 0.131. The van der Waals surface area contributed by atoms with Gasteiger partial charge < -0.3 is 5.73 Å². The van der Waals surface area contributed by atoms with Crippen LogP contribution in [0.3, 0.4) is 0 Å². The minimum Gasteiger partial charge on any atom is -0.321 e. The van der Waals surface area contributed by atoms with Gasteiger partial charge in [-0.3, -0.25) is 4.68 Å². The molecule has 6 heteroatoms. The highest BCUT2D eigenvalue weighted by molar-refractivity contribution is 5.10. The van der Waals surface area contributed by atoms with Gasteiger partial charge in [-0.25, -0.2) is 9.67 Å². The van der Waals surface area contributed by atoms with Gasteiger partial charge in [0.05, 0.1) is 24.0 Å². The standard InChI is InChI=1S/C11H18N6/c1-4-9-5-10(16(3)14-9)6-17-7-13-11(15-17)8(2)12/h5,7-8H,4,6,12H2,1-3H3. The molecule has 0 fully saturated rings. The zero-order valence-corrected chi connectivity index (χ0v) is 10.5. The van der Waals surface area contributed by atoms with Crippen LogP contribution in [0.1, 0.15) is 37.1 Å². The molecule has 0 amide bonds. The summed E-state index contributed by atoms with van der Waals surface area (Å²) in [4.78, 5) is 4.17. The Labute approximate surface area is 100 Å². The fourth-order valence-corrected chi connectivity index (χ4v) is 1.65. The second-order valence-electron chi connectivity index (χ2n) is 4.19. The van der Waals surface area contributed by atoms with Gasteiger partial charge in [0.1, 0.15) is 6.33 Å². The Morgan fingerprint density at radius 2 is 2.18 bits per heavy atom. The highest BCUT2D eigenvalue weighted by Gasteiger charge is 2.08. The van der Waals surface area contributed by atoms with Crippen molar-refractivity contribution in [2.75, 3.05) is 0 Å². The molecular weight excluding hydrogens is 216 g/mol. The van der Waals surface area contributed by atoms with Crippen molar-refractivity contribution >= 4 is 0 Å². The van der Waals surface area contributed by atoms with E-state index in [1.54, 1.807) is 11.0 Å². The van der Waals surface area contributed by atoms with Crippen LogP contribution in [-0.4, -0.2) is 24.5 Å². The molecule has 0 aromatic carbocycles. The zero-order chi connectivity index (χ0) is 12.4. The Kier molecular flexibility index (Phi) is 3.23. The minimum atomic E-state index is -0.131. The number of aryl methyl sites for hydroxylation is 2. The van der Waals surface area contributed by atoms with E-state index >= 15 is 0 Å². The summed E-state index contributed by atoms with van der Waals surface area (Å²) in [6.45, 7) is 4.64. The third kappa shape index (κ3) is 2.52. The summed E-state index contributed by atoms with van der Waals surface area (Å²) >= 11 is 0. The van der Waals surface area contributed by atoms with Crippen LogP contribution in [0, 0.1) is 0 Å². The van der Waals surface area contributed by atoms with E-state index in [1.165, 1.54) is 0 Å². The Hall–Kier alpha value is -1.69. The molecule has 0 saturated heterocycles. The first-order valence-corrected chi connectivity index (χ1v) is 5.77. The van der Waals surface area contributed by atoms with Crippen molar-refractivity contribution in [3.05, 3.63) is 29.6 Å². The molecule has 0 aliphatic rings. The lowest BCUT2D eigenvalue weighted by Gasteiger charge is -2.01. The van der Waals surface area contributed by atoms with Gasteiger partial charge in [0, 0.05) is 7.05 Å². The van der Waals surface area contributed by atoms with E-state index in [1.807, 2.05) is 18.7 Å². The van der Waals surface area contributed by atoms with E-state index in [9.17, 15) is 0 Å². The Morgan fingerprint density at radius 1 is 1.41 bits per heavy atom. The summed E-state index contributed by atoms with van der Waals surface area (Å²) in [7, 11) is 1.94. The SMILES string of the molecule is CCc1cc(Cn2cnc(C(C)N)n2)n(C)n1. The van der Waals surface area contributed by atoms with Crippen molar-refractivity contribution in [3.63, 3.8) is 0 Å². The molecular formula is C11H18N6. The Bertz CT molecular complexity index is 496. The predicted molar refractivity (Wildman–Crippen MR) is 64.3 cm³/mol. The number of nitrogens with zero attached hydrogens (tertiary/aromatic N) is 5. The summed E-state index contributed by atoms with van der Waals surface area (Å²) in [6.07, 6.45) is 2.65. The molecule has 2 rings (SSSR count). The monoisotopic (exact) mass is 234 g/mol. The summed E-state index contributed by atoms with van der Waals surface area (Å²) < 4.78 is 3.67. The highest BCUT2D eigenvalue weighted by Crippen LogP contribution is 2.07. The fourth-order valence-electron chi connectivity index (χ4n) is 1.65.